The van der Waals surface area contributed by atoms with Crippen molar-refractivity contribution in [1.29, 1.82) is 0 Å². The Morgan fingerprint density at radius 1 is 1.00 bits per heavy atom. The maximum atomic E-state index is 13.2. The second-order valence-corrected chi connectivity index (χ2v) is 9.74. The number of hydrogen-bond acceptors (Lipinski definition) is 4. The molecule has 0 aromatic heterocycles. The second kappa shape index (κ2) is 9.79. The van der Waals surface area contributed by atoms with Crippen LogP contribution in [-0.2, 0) is 16.6 Å². The van der Waals surface area contributed by atoms with Crippen molar-refractivity contribution in [3.8, 4) is 5.75 Å². The monoisotopic (exact) mass is 477 g/mol. The number of anilines is 1. The Balaban J connectivity index is 1.73. The van der Waals surface area contributed by atoms with Crippen LogP contribution in [0.4, 0.5) is 5.69 Å². The zero-order chi connectivity index (χ0) is 24.3. The SMILES string of the molecule is CCN(CC)S(=O)(=O)c1cccc(C(=O)N=C2c3ccccc3CN2c2ccc(OC)cc2)c1. The van der Waals surface area contributed by atoms with E-state index in [2.05, 4.69) is 4.99 Å². The number of fused-ring (bicyclic) bond motifs is 1. The van der Waals surface area contributed by atoms with E-state index in [0.29, 0.717) is 25.5 Å². The van der Waals surface area contributed by atoms with Gasteiger partial charge in [0.05, 0.1) is 18.6 Å². The molecule has 4 rings (SSSR count). The smallest absolute Gasteiger partial charge is 0.279 e. The molecule has 0 fully saturated rings. The zero-order valence-corrected chi connectivity index (χ0v) is 20.2. The number of amidine groups is 1. The number of methoxy groups -OCH3 is 1. The molecule has 0 bridgehead atoms. The van der Waals surface area contributed by atoms with E-state index in [0.717, 1.165) is 22.6 Å². The highest BCUT2D eigenvalue weighted by Crippen LogP contribution is 2.30. The van der Waals surface area contributed by atoms with Crippen molar-refractivity contribution in [3.63, 3.8) is 0 Å². The third kappa shape index (κ3) is 4.47. The summed E-state index contributed by atoms with van der Waals surface area (Å²) in [6.07, 6.45) is 0. The average molecular weight is 478 g/mol. The van der Waals surface area contributed by atoms with E-state index in [1.54, 1.807) is 33.1 Å². The van der Waals surface area contributed by atoms with Gasteiger partial charge in [0.1, 0.15) is 11.6 Å². The highest BCUT2D eigenvalue weighted by atomic mass is 32.2. The molecule has 0 radical (unpaired) electrons. The van der Waals surface area contributed by atoms with Gasteiger partial charge < -0.3 is 9.64 Å². The third-order valence-electron chi connectivity index (χ3n) is 5.86. The first-order valence-electron chi connectivity index (χ1n) is 11.1. The Morgan fingerprint density at radius 2 is 1.71 bits per heavy atom. The number of amides is 1. The number of carbonyl (C=O) groups is 1. The molecule has 0 unspecified atom stereocenters. The van der Waals surface area contributed by atoms with Gasteiger partial charge in [-0.2, -0.15) is 9.30 Å². The lowest BCUT2D eigenvalue weighted by Crippen LogP contribution is -2.30. The lowest BCUT2D eigenvalue weighted by Gasteiger charge is -2.20. The lowest BCUT2D eigenvalue weighted by atomic mass is 10.1. The number of carbonyl (C=O) groups excluding carboxylic acids is 1. The van der Waals surface area contributed by atoms with Gasteiger partial charge in [0.2, 0.25) is 10.0 Å². The first kappa shape index (κ1) is 23.7. The fourth-order valence-electron chi connectivity index (χ4n) is 4.03. The molecule has 34 heavy (non-hydrogen) atoms. The van der Waals surface area contributed by atoms with Gasteiger partial charge >= 0.3 is 0 Å². The summed E-state index contributed by atoms with van der Waals surface area (Å²) in [5.41, 5.74) is 3.03. The van der Waals surface area contributed by atoms with Crippen LogP contribution >= 0.6 is 0 Å². The van der Waals surface area contributed by atoms with Crippen LogP contribution in [0.15, 0.2) is 82.7 Å². The van der Waals surface area contributed by atoms with Gasteiger partial charge in [-0.05, 0) is 48.0 Å². The molecular weight excluding hydrogens is 450 g/mol. The van der Waals surface area contributed by atoms with Crippen LogP contribution in [0.5, 0.6) is 5.75 Å². The van der Waals surface area contributed by atoms with E-state index in [-0.39, 0.29) is 10.5 Å². The summed E-state index contributed by atoms with van der Waals surface area (Å²) in [7, 11) is -2.07. The standard InChI is InChI=1S/C26H27N3O4S/c1-4-28(5-2)34(31,32)23-11-8-10-19(17-23)26(30)27-25-24-12-7-6-9-20(24)18-29(25)21-13-15-22(33-3)16-14-21/h6-17H,4-5,18H2,1-3H3. The first-order valence-corrected chi connectivity index (χ1v) is 12.6. The van der Waals surface area contributed by atoms with Gasteiger partial charge in [0, 0.05) is 29.9 Å². The molecule has 1 aliphatic heterocycles. The molecule has 3 aromatic carbocycles. The Labute approximate surface area is 200 Å². The van der Waals surface area contributed by atoms with Crippen LogP contribution in [0.1, 0.15) is 35.3 Å². The van der Waals surface area contributed by atoms with Crippen molar-refractivity contribution in [3.05, 3.63) is 89.5 Å². The maximum absolute atomic E-state index is 13.2. The van der Waals surface area contributed by atoms with Crippen molar-refractivity contribution in [1.82, 2.24) is 4.31 Å². The number of aliphatic imine (C=N–C) groups is 1. The largest absolute Gasteiger partial charge is 0.497 e. The van der Waals surface area contributed by atoms with Crippen molar-refractivity contribution >= 4 is 27.5 Å². The van der Waals surface area contributed by atoms with Crippen LogP contribution < -0.4 is 9.64 Å². The van der Waals surface area contributed by atoms with Crippen molar-refractivity contribution in [2.45, 2.75) is 25.3 Å². The van der Waals surface area contributed by atoms with Crippen LogP contribution in [0, 0.1) is 0 Å². The first-order chi connectivity index (χ1) is 16.4. The van der Waals surface area contributed by atoms with Crippen LogP contribution in [-0.4, -0.2) is 44.7 Å². The van der Waals surface area contributed by atoms with E-state index in [1.807, 2.05) is 53.4 Å². The Bertz CT molecular complexity index is 1330. The second-order valence-electron chi connectivity index (χ2n) is 7.80. The molecule has 8 heteroatoms. The Kier molecular flexibility index (Phi) is 6.81. The fourth-order valence-corrected chi connectivity index (χ4v) is 5.53. The van der Waals surface area contributed by atoms with E-state index >= 15 is 0 Å². The molecule has 3 aromatic rings. The summed E-state index contributed by atoms with van der Waals surface area (Å²) in [4.78, 5) is 19.7. The molecule has 1 heterocycles. The van der Waals surface area contributed by atoms with Crippen molar-refractivity contribution in [2.24, 2.45) is 4.99 Å². The topological polar surface area (TPSA) is 79.3 Å². The summed E-state index contributed by atoms with van der Waals surface area (Å²) < 4.78 is 32.5. The minimum Gasteiger partial charge on any atom is -0.497 e. The minimum absolute atomic E-state index is 0.0843. The molecule has 0 N–H and O–H groups in total. The molecule has 0 aliphatic carbocycles. The molecular formula is C26H27N3O4S. The normalized spacial score (nSPS) is 14.5. The van der Waals surface area contributed by atoms with Crippen LogP contribution in [0.3, 0.4) is 0 Å². The van der Waals surface area contributed by atoms with Gasteiger partial charge in [-0.15, -0.1) is 0 Å². The molecule has 0 spiro atoms. The van der Waals surface area contributed by atoms with Gasteiger partial charge in [0.15, 0.2) is 0 Å². The summed E-state index contributed by atoms with van der Waals surface area (Å²) in [5, 5.41) is 0. The number of ether oxygens (including phenoxy) is 1. The van der Waals surface area contributed by atoms with Gasteiger partial charge in [-0.1, -0.05) is 44.2 Å². The van der Waals surface area contributed by atoms with E-state index in [4.69, 9.17) is 4.74 Å². The summed E-state index contributed by atoms with van der Waals surface area (Å²) in [6.45, 7) is 4.85. The molecule has 7 nitrogen and oxygen atoms in total. The summed E-state index contributed by atoms with van der Waals surface area (Å²) in [6, 6.07) is 21.4. The fraction of sp³-hybridized carbons (Fsp3) is 0.231. The number of benzene rings is 3. The van der Waals surface area contributed by atoms with Gasteiger partial charge in [0.25, 0.3) is 5.91 Å². The lowest BCUT2D eigenvalue weighted by molar-refractivity contribution is 0.100. The molecule has 176 valence electrons. The Hall–Kier alpha value is -3.49. The number of sulfonamides is 1. The van der Waals surface area contributed by atoms with E-state index < -0.39 is 15.9 Å². The summed E-state index contributed by atoms with van der Waals surface area (Å²) in [5.74, 6) is 0.769. The summed E-state index contributed by atoms with van der Waals surface area (Å²) >= 11 is 0. The maximum Gasteiger partial charge on any atom is 0.279 e. The highest BCUT2D eigenvalue weighted by molar-refractivity contribution is 7.89. The van der Waals surface area contributed by atoms with Crippen LogP contribution in [0.2, 0.25) is 0 Å². The van der Waals surface area contributed by atoms with E-state index in [1.165, 1.54) is 16.4 Å². The quantitative estimate of drug-likeness (QED) is 0.506. The van der Waals surface area contributed by atoms with E-state index in [9.17, 15) is 13.2 Å². The molecule has 0 saturated carbocycles. The Morgan fingerprint density at radius 3 is 2.38 bits per heavy atom. The molecule has 1 aliphatic rings. The average Bonchev–Trinajstić information content (AvgIpc) is 3.23. The predicted octanol–water partition coefficient (Wildman–Crippen LogP) is 4.33. The number of hydrogen-bond donors (Lipinski definition) is 0. The minimum atomic E-state index is -3.68. The molecule has 1 amide bonds. The van der Waals surface area contributed by atoms with Crippen LogP contribution in [0.25, 0.3) is 0 Å². The van der Waals surface area contributed by atoms with Crippen molar-refractivity contribution in [2.75, 3.05) is 25.1 Å². The number of nitrogens with zero attached hydrogens (tertiary/aromatic N) is 3. The zero-order valence-electron chi connectivity index (χ0n) is 19.4. The van der Waals surface area contributed by atoms with Gasteiger partial charge in [-0.25, -0.2) is 8.42 Å². The van der Waals surface area contributed by atoms with Crippen molar-refractivity contribution < 1.29 is 17.9 Å². The number of rotatable bonds is 7. The predicted molar refractivity (Wildman–Crippen MR) is 133 cm³/mol. The highest BCUT2D eigenvalue weighted by Gasteiger charge is 2.28. The van der Waals surface area contributed by atoms with Gasteiger partial charge in [-0.3, -0.25) is 4.79 Å². The molecule has 0 atom stereocenters. The third-order valence-corrected chi connectivity index (χ3v) is 7.90. The molecule has 0 saturated heterocycles.